The first-order chi connectivity index (χ1) is 9.07. The van der Waals surface area contributed by atoms with Crippen LogP contribution in [0.15, 0.2) is 17.2 Å². The van der Waals surface area contributed by atoms with Gasteiger partial charge in [0.2, 0.25) is 0 Å². The molecule has 2 rings (SSSR count). The molecule has 1 aliphatic carbocycles. The number of nitrogens with two attached hydrogens (primary N) is 1. The maximum atomic E-state index is 12.2. The van der Waals surface area contributed by atoms with Crippen molar-refractivity contribution in [3.63, 3.8) is 0 Å². The average molecular weight is 264 g/mol. The number of rotatable bonds is 3. The van der Waals surface area contributed by atoms with Crippen molar-refractivity contribution in [2.45, 2.75) is 38.1 Å². The van der Waals surface area contributed by atoms with Crippen LogP contribution in [0.25, 0.3) is 0 Å². The first-order valence-electron chi connectivity index (χ1n) is 6.65. The highest BCUT2D eigenvalue weighted by Gasteiger charge is 2.38. The fraction of sp³-hybridized carbons (Fsp3) is 0.615. The second kappa shape index (κ2) is 5.52. The summed E-state index contributed by atoms with van der Waals surface area (Å²) in [6.07, 6.45) is 6.64. The first kappa shape index (κ1) is 13.7. The number of aromatic nitrogens is 2. The second-order valence-electron chi connectivity index (χ2n) is 5.26. The molecule has 0 radical (unpaired) electrons. The van der Waals surface area contributed by atoms with E-state index in [-0.39, 0.29) is 22.7 Å². The lowest BCUT2D eigenvalue weighted by Gasteiger charge is -2.42. The fourth-order valence-corrected chi connectivity index (χ4v) is 2.71. The maximum Gasteiger partial charge on any atom is 0.271 e. The predicted octanol–water partition coefficient (Wildman–Crippen LogP) is 0.407. The van der Waals surface area contributed by atoms with Crippen LogP contribution in [0.5, 0.6) is 0 Å². The van der Waals surface area contributed by atoms with Crippen LogP contribution in [0.3, 0.4) is 0 Å². The molecule has 1 aliphatic rings. The minimum atomic E-state index is -0.354. The summed E-state index contributed by atoms with van der Waals surface area (Å²) in [5.74, 6) is 0.0633. The van der Waals surface area contributed by atoms with Gasteiger partial charge in [0, 0.05) is 12.7 Å². The summed E-state index contributed by atoms with van der Waals surface area (Å²) >= 11 is 0. The summed E-state index contributed by atoms with van der Waals surface area (Å²) in [6.45, 7) is 2.54. The van der Waals surface area contributed by atoms with Crippen molar-refractivity contribution in [2.75, 3.05) is 6.54 Å². The zero-order valence-corrected chi connectivity index (χ0v) is 11.1. The normalized spacial score (nSPS) is 26.9. The number of H-pyrrole nitrogens is 1. The third-order valence-electron chi connectivity index (χ3n) is 4.08. The van der Waals surface area contributed by atoms with E-state index in [1.54, 1.807) is 0 Å². The molecule has 0 aliphatic heterocycles. The van der Waals surface area contributed by atoms with Gasteiger partial charge in [0.25, 0.3) is 11.5 Å². The van der Waals surface area contributed by atoms with Crippen molar-refractivity contribution in [1.82, 2.24) is 15.3 Å². The Kier molecular flexibility index (Phi) is 3.99. The van der Waals surface area contributed by atoms with Crippen LogP contribution in [0.1, 0.15) is 43.1 Å². The number of hydrogen-bond donors (Lipinski definition) is 3. The van der Waals surface area contributed by atoms with Crippen LogP contribution >= 0.6 is 0 Å². The van der Waals surface area contributed by atoms with E-state index in [2.05, 4.69) is 22.2 Å². The zero-order chi connectivity index (χ0) is 13.9. The van der Waals surface area contributed by atoms with Gasteiger partial charge in [-0.3, -0.25) is 9.59 Å². The minimum absolute atomic E-state index is 0.213. The van der Waals surface area contributed by atoms with Gasteiger partial charge < -0.3 is 16.0 Å². The largest absolute Gasteiger partial charge is 0.344 e. The summed E-state index contributed by atoms with van der Waals surface area (Å²) in [5.41, 5.74) is 5.42. The third kappa shape index (κ3) is 2.84. The lowest BCUT2D eigenvalue weighted by Crippen LogP contribution is -2.59. The standard InChI is InChI=1S/C13H20N4O2/c1-9-4-2-3-5-13(9,8-14)17-12(19)10-6-16-11(18)7-15-10/h6-7,9H,2-5,8,14H2,1H3,(H,16,18)(H,17,19). The van der Waals surface area contributed by atoms with E-state index in [1.807, 2.05) is 0 Å². The Hall–Kier alpha value is -1.69. The van der Waals surface area contributed by atoms with Crippen LogP contribution in [0.4, 0.5) is 0 Å². The molecule has 2 atom stereocenters. The number of aromatic amines is 1. The number of hydrogen-bond acceptors (Lipinski definition) is 4. The van der Waals surface area contributed by atoms with Gasteiger partial charge in [-0.25, -0.2) is 4.98 Å². The molecular formula is C13H20N4O2. The maximum absolute atomic E-state index is 12.2. The van der Waals surface area contributed by atoms with Gasteiger partial charge in [-0.1, -0.05) is 19.8 Å². The van der Waals surface area contributed by atoms with Gasteiger partial charge in [-0.05, 0) is 18.8 Å². The molecular weight excluding hydrogens is 244 g/mol. The molecule has 104 valence electrons. The van der Waals surface area contributed by atoms with Gasteiger partial charge in [0.05, 0.1) is 11.7 Å². The van der Waals surface area contributed by atoms with Crippen LogP contribution in [0, 0.1) is 5.92 Å². The number of nitrogens with zero attached hydrogens (tertiary/aromatic N) is 1. The fourth-order valence-electron chi connectivity index (χ4n) is 2.71. The lowest BCUT2D eigenvalue weighted by atomic mass is 9.73. The molecule has 19 heavy (non-hydrogen) atoms. The Bertz CT molecular complexity index is 493. The molecule has 0 spiro atoms. The van der Waals surface area contributed by atoms with Crippen molar-refractivity contribution < 1.29 is 4.79 Å². The number of carbonyl (C=O) groups is 1. The van der Waals surface area contributed by atoms with Crippen molar-refractivity contribution >= 4 is 5.91 Å². The van der Waals surface area contributed by atoms with Gasteiger partial charge >= 0.3 is 0 Å². The molecule has 6 nitrogen and oxygen atoms in total. The zero-order valence-electron chi connectivity index (χ0n) is 11.1. The monoisotopic (exact) mass is 264 g/mol. The molecule has 1 fully saturated rings. The summed E-state index contributed by atoms with van der Waals surface area (Å²) in [6, 6.07) is 0. The summed E-state index contributed by atoms with van der Waals surface area (Å²) in [7, 11) is 0. The molecule has 1 saturated carbocycles. The van der Waals surface area contributed by atoms with Crippen molar-refractivity contribution in [2.24, 2.45) is 11.7 Å². The number of nitrogens with one attached hydrogen (secondary N) is 2. The van der Waals surface area contributed by atoms with Gasteiger partial charge in [-0.15, -0.1) is 0 Å². The lowest BCUT2D eigenvalue weighted by molar-refractivity contribution is 0.0807. The molecule has 1 amide bonds. The van der Waals surface area contributed by atoms with Crippen molar-refractivity contribution in [3.8, 4) is 0 Å². The van der Waals surface area contributed by atoms with E-state index < -0.39 is 0 Å². The SMILES string of the molecule is CC1CCCCC1(CN)NC(=O)c1c[nH]c(=O)cn1. The Labute approximate surface area is 111 Å². The first-order valence-corrected chi connectivity index (χ1v) is 6.65. The molecule has 0 bridgehead atoms. The van der Waals surface area contributed by atoms with E-state index >= 15 is 0 Å². The van der Waals surface area contributed by atoms with E-state index in [0.29, 0.717) is 12.5 Å². The molecule has 0 aromatic carbocycles. The van der Waals surface area contributed by atoms with Crippen molar-refractivity contribution in [3.05, 3.63) is 28.4 Å². The topological polar surface area (TPSA) is 101 Å². The van der Waals surface area contributed by atoms with E-state index in [1.165, 1.54) is 12.6 Å². The highest BCUT2D eigenvalue weighted by atomic mass is 16.2. The highest BCUT2D eigenvalue weighted by molar-refractivity contribution is 5.92. The molecule has 1 heterocycles. The number of carbonyl (C=O) groups excluding carboxylic acids is 1. The van der Waals surface area contributed by atoms with Crippen LogP contribution in [-0.2, 0) is 0 Å². The number of amides is 1. The van der Waals surface area contributed by atoms with Gasteiger partial charge in [0.1, 0.15) is 5.69 Å². The Morgan fingerprint density at radius 2 is 2.42 bits per heavy atom. The Balaban J connectivity index is 2.15. The molecule has 4 N–H and O–H groups in total. The molecule has 0 saturated heterocycles. The van der Waals surface area contributed by atoms with E-state index in [9.17, 15) is 9.59 Å². The van der Waals surface area contributed by atoms with Crippen LogP contribution in [0.2, 0.25) is 0 Å². The smallest absolute Gasteiger partial charge is 0.271 e. The summed E-state index contributed by atoms with van der Waals surface area (Å²) in [5, 5.41) is 3.02. The van der Waals surface area contributed by atoms with Crippen molar-refractivity contribution in [1.29, 1.82) is 0 Å². The summed E-state index contributed by atoms with van der Waals surface area (Å²) < 4.78 is 0. The molecule has 6 heteroatoms. The van der Waals surface area contributed by atoms with Crippen LogP contribution in [-0.4, -0.2) is 28.0 Å². The quantitative estimate of drug-likeness (QED) is 0.736. The third-order valence-corrected chi connectivity index (χ3v) is 4.08. The summed E-state index contributed by atoms with van der Waals surface area (Å²) in [4.78, 5) is 29.4. The molecule has 1 aromatic rings. The molecule has 2 unspecified atom stereocenters. The highest BCUT2D eigenvalue weighted by Crippen LogP contribution is 2.33. The van der Waals surface area contributed by atoms with Crippen LogP contribution < -0.4 is 16.6 Å². The van der Waals surface area contributed by atoms with E-state index in [0.717, 1.165) is 25.5 Å². The average Bonchev–Trinajstić information content (AvgIpc) is 2.42. The predicted molar refractivity (Wildman–Crippen MR) is 71.7 cm³/mol. The minimum Gasteiger partial charge on any atom is -0.344 e. The van der Waals surface area contributed by atoms with Gasteiger partial charge in [-0.2, -0.15) is 0 Å². The second-order valence-corrected chi connectivity index (χ2v) is 5.26. The van der Waals surface area contributed by atoms with Gasteiger partial charge in [0.15, 0.2) is 0 Å². The Morgan fingerprint density at radius 3 is 3.00 bits per heavy atom. The molecule has 1 aromatic heterocycles. The van der Waals surface area contributed by atoms with E-state index in [4.69, 9.17) is 5.73 Å². The Morgan fingerprint density at radius 1 is 1.63 bits per heavy atom.